The Morgan fingerprint density at radius 3 is 2.00 bits per heavy atom. The summed E-state index contributed by atoms with van der Waals surface area (Å²) in [5.74, 6) is -0.901. The Labute approximate surface area is 140 Å². The number of aliphatic hydroxyl groups is 8. The zero-order valence-electron chi connectivity index (χ0n) is 11.9. The van der Waals surface area contributed by atoms with Crippen molar-refractivity contribution in [2.45, 2.75) is 36.8 Å². The summed E-state index contributed by atoms with van der Waals surface area (Å²) >= 11 is 2.15. The highest BCUT2D eigenvalue weighted by molar-refractivity contribution is 14.1. The van der Waals surface area contributed by atoms with Gasteiger partial charge in [0.15, 0.2) is 12.1 Å². The van der Waals surface area contributed by atoms with E-state index in [9.17, 15) is 4.79 Å². The summed E-state index contributed by atoms with van der Waals surface area (Å²) in [5, 5.41) is 68.9. The van der Waals surface area contributed by atoms with E-state index < -0.39 is 55.8 Å². The Bertz CT molecular complexity index is 278. The third-order valence-electron chi connectivity index (χ3n) is 2.51. The lowest BCUT2D eigenvalue weighted by Crippen LogP contribution is -2.52. The van der Waals surface area contributed by atoms with Crippen molar-refractivity contribution >= 4 is 28.4 Å². The number of Topliss-reactive ketones (excluding diaryl/α,β-unsaturated/α-hetero) is 1. The van der Waals surface area contributed by atoms with Gasteiger partial charge in [-0.15, -0.1) is 0 Å². The molecule has 1 saturated heterocycles. The lowest BCUT2D eigenvalue weighted by Gasteiger charge is -2.31. The molecule has 0 unspecified atom stereocenters. The molecule has 0 bridgehead atoms. The van der Waals surface area contributed by atoms with Gasteiger partial charge in [0.05, 0.1) is 13.2 Å². The van der Waals surface area contributed by atoms with Crippen LogP contribution in [0.3, 0.4) is 0 Å². The third-order valence-corrected chi connectivity index (χ3v) is 2.51. The standard InChI is InChI=1S/2C5H10O5.CH3I/c6-2-1-10-5(9)4(8)3(2)7;6-1-3(8)5(10)4(9)2-7;1-2/h2-9H,1H2;3,5-8,10H,1-2H2;1H3/t2-,3+,4-,5-;3-,5+;/m11./s1. The maximum Gasteiger partial charge on any atom is 0.189 e. The summed E-state index contributed by atoms with van der Waals surface area (Å²) in [5.41, 5.74) is 0. The molecular formula is C11H23IO10. The van der Waals surface area contributed by atoms with Crippen molar-refractivity contribution in [3.8, 4) is 0 Å². The predicted octanol–water partition coefficient (Wildman–Crippen LogP) is -4.27. The second-order valence-electron chi connectivity index (χ2n) is 4.09. The Hall–Kier alpha value is 0.0400. The topological polar surface area (TPSA) is 188 Å². The molecule has 0 radical (unpaired) electrons. The number of aliphatic hydroxyl groups excluding tert-OH is 8. The van der Waals surface area contributed by atoms with Crippen LogP contribution >= 0.6 is 22.6 Å². The van der Waals surface area contributed by atoms with E-state index in [-0.39, 0.29) is 6.61 Å². The third kappa shape index (κ3) is 8.61. The van der Waals surface area contributed by atoms with Crippen LogP contribution in [0.5, 0.6) is 0 Å². The van der Waals surface area contributed by atoms with Crippen molar-refractivity contribution in [1.82, 2.24) is 0 Å². The van der Waals surface area contributed by atoms with Gasteiger partial charge in [-0.1, -0.05) is 22.6 Å². The van der Waals surface area contributed by atoms with Crippen LogP contribution in [0.1, 0.15) is 0 Å². The average Bonchev–Trinajstić information content (AvgIpc) is 2.56. The molecule has 0 saturated carbocycles. The number of carbonyl (C=O) groups excluding carboxylic acids is 1. The number of halogens is 1. The van der Waals surface area contributed by atoms with Gasteiger partial charge in [-0.3, -0.25) is 4.79 Å². The molecule has 134 valence electrons. The molecule has 1 aliphatic rings. The number of hydrogen-bond acceptors (Lipinski definition) is 10. The van der Waals surface area contributed by atoms with Gasteiger partial charge in [-0.25, -0.2) is 0 Å². The second-order valence-corrected chi connectivity index (χ2v) is 4.09. The summed E-state index contributed by atoms with van der Waals surface area (Å²) in [4.78, 5) is 12.3. The fourth-order valence-corrected chi connectivity index (χ4v) is 1.20. The van der Waals surface area contributed by atoms with Crippen LogP contribution in [0.4, 0.5) is 0 Å². The molecule has 0 aromatic carbocycles. The van der Waals surface area contributed by atoms with E-state index in [4.69, 9.17) is 40.9 Å². The zero-order chi connectivity index (χ0) is 17.9. The monoisotopic (exact) mass is 442 g/mol. The number of ketones is 1. The first-order chi connectivity index (χ1) is 10.3. The highest BCUT2D eigenvalue weighted by atomic mass is 127. The number of hydrogen-bond donors (Lipinski definition) is 8. The molecule has 1 aliphatic heterocycles. The molecule has 0 aliphatic carbocycles. The molecule has 1 rings (SSSR count). The summed E-state index contributed by atoms with van der Waals surface area (Å²) in [6.45, 7) is -1.69. The molecule has 1 heterocycles. The summed E-state index contributed by atoms with van der Waals surface area (Å²) in [7, 11) is 0. The van der Waals surface area contributed by atoms with Crippen LogP contribution in [0, 0.1) is 0 Å². The molecule has 0 amide bonds. The van der Waals surface area contributed by atoms with Gasteiger partial charge in [0.25, 0.3) is 0 Å². The second kappa shape index (κ2) is 13.5. The van der Waals surface area contributed by atoms with Crippen molar-refractivity contribution in [2.75, 3.05) is 24.8 Å². The van der Waals surface area contributed by atoms with E-state index in [0.29, 0.717) is 0 Å². The van der Waals surface area contributed by atoms with Crippen molar-refractivity contribution < 1.29 is 50.4 Å². The zero-order valence-corrected chi connectivity index (χ0v) is 14.0. The Morgan fingerprint density at radius 1 is 1.14 bits per heavy atom. The fraction of sp³-hybridized carbons (Fsp3) is 0.909. The van der Waals surface area contributed by atoms with Gasteiger partial charge in [0.1, 0.15) is 37.1 Å². The van der Waals surface area contributed by atoms with Gasteiger partial charge in [-0.2, -0.15) is 0 Å². The van der Waals surface area contributed by atoms with E-state index in [0.717, 1.165) is 0 Å². The predicted molar refractivity (Wildman–Crippen MR) is 81.1 cm³/mol. The highest BCUT2D eigenvalue weighted by Gasteiger charge is 2.36. The van der Waals surface area contributed by atoms with Gasteiger partial charge >= 0.3 is 0 Å². The van der Waals surface area contributed by atoms with Crippen LogP contribution in [0.25, 0.3) is 0 Å². The van der Waals surface area contributed by atoms with Crippen molar-refractivity contribution in [3.05, 3.63) is 0 Å². The first-order valence-corrected chi connectivity index (χ1v) is 8.24. The first-order valence-electron chi connectivity index (χ1n) is 6.08. The number of rotatable bonds is 4. The maximum absolute atomic E-state index is 10.3. The molecule has 0 aromatic rings. The number of carbonyl (C=O) groups is 1. The largest absolute Gasteiger partial charge is 0.394 e. The Morgan fingerprint density at radius 2 is 1.64 bits per heavy atom. The minimum atomic E-state index is -1.69. The van der Waals surface area contributed by atoms with Crippen molar-refractivity contribution in [3.63, 3.8) is 0 Å². The molecule has 0 spiro atoms. The summed E-state index contributed by atoms with van der Waals surface area (Å²) in [6.07, 6.45) is -8.42. The molecule has 1 fully saturated rings. The van der Waals surface area contributed by atoms with Crippen molar-refractivity contribution in [2.24, 2.45) is 0 Å². The van der Waals surface area contributed by atoms with Crippen LogP contribution in [0.2, 0.25) is 0 Å². The van der Waals surface area contributed by atoms with Gasteiger partial charge in [-0.05, 0) is 4.93 Å². The highest BCUT2D eigenvalue weighted by Crippen LogP contribution is 2.12. The molecule has 22 heavy (non-hydrogen) atoms. The normalized spacial score (nSPS) is 30.1. The van der Waals surface area contributed by atoms with Crippen LogP contribution in [-0.4, -0.2) is 108 Å². The minimum Gasteiger partial charge on any atom is -0.394 e. The first kappa shape index (κ1) is 24.3. The van der Waals surface area contributed by atoms with Crippen molar-refractivity contribution in [1.29, 1.82) is 0 Å². The fourth-order valence-electron chi connectivity index (χ4n) is 1.20. The molecule has 11 heteroatoms. The number of alkyl halides is 1. The summed E-state index contributed by atoms with van der Waals surface area (Å²) < 4.78 is 4.47. The number of ether oxygens (including phenoxy) is 1. The molecule has 6 atom stereocenters. The van der Waals surface area contributed by atoms with E-state index in [1.165, 1.54) is 0 Å². The van der Waals surface area contributed by atoms with E-state index in [1.54, 1.807) is 0 Å². The SMILES string of the molecule is CI.O=C(CO)[C@@H](O)[C@H](O)CO.O[C@@H]1[C@@H](O)[C@H](O)OC[C@H]1O. The van der Waals surface area contributed by atoms with E-state index in [2.05, 4.69) is 27.3 Å². The van der Waals surface area contributed by atoms with Gasteiger partial charge in [0.2, 0.25) is 0 Å². The molecule has 10 nitrogen and oxygen atoms in total. The smallest absolute Gasteiger partial charge is 0.189 e. The Balaban J connectivity index is 0. The molecule has 0 aromatic heterocycles. The maximum atomic E-state index is 10.3. The minimum absolute atomic E-state index is 0.153. The van der Waals surface area contributed by atoms with Crippen LogP contribution < -0.4 is 0 Å². The lowest BCUT2D eigenvalue weighted by molar-refractivity contribution is -0.252. The van der Waals surface area contributed by atoms with Gasteiger partial charge in [0, 0.05) is 0 Å². The Kier molecular flexibility index (Phi) is 14.9. The summed E-state index contributed by atoms with van der Waals surface area (Å²) in [6, 6.07) is 0. The average molecular weight is 442 g/mol. The van der Waals surface area contributed by atoms with E-state index in [1.807, 2.05) is 4.93 Å². The van der Waals surface area contributed by atoms with E-state index >= 15 is 0 Å². The van der Waals surface area contributed by atoms with Crippen LogP contribution in [-0.2, 0) is 9.53 Å². The van der Waals surface area contributed by atoms with Crippen LogP contribution in [0.15, 0.2) is 0 Å². The quantitative estimate of drug-likeness (QED) is 0.156. The molecule has 8 N–H and O–H groups in total. The molecular weight excluding hydrogens is 419 g/mol. The van der Waals surface area contributed by atoms with Gasteiger partial charge < -0.3 is 45.6 Å². The lowest BCUT2D eigenvalue weighted by atomic mass is 10.1.